The van der Waals surface area contributed by atoms with Crippen LogP contribution < -0.4 is 10.5 Å². The van der Waals surface area contributed by atoms with Crippen LogP contribution in [0.25, 0.3) is 0 Å². The summed E-state index contributed by atoms with van der Waals surface area (Å²) in [6, 6.07) is 1.87. The Balaban J connectivity index is 2.24. The summed E-state index contributed by atoms with van der Waals surface area (Å²) in [5.74, 6) is -0.555. The monoisotopic (exact) mass is 342 g/mol. The van der Waals surface area contributed by atoms with Crippen molar-refractivity contribution in [3.63, 3.8) is 0 Å². The van der Waals surface area contributed by atoms with Gasteiger partial charge >= 0.3 is 5.69 Å². The number of nitrogens with two attached hydrogens (primary N) is 1. The molecule has 20 heavy (non-hydrogen) atoms. The molecule has 7 nitrogen and oxygen atoms in total. The van der Waals surface area contributed by atoms with E-state index in [4.69, 9.17) is 10.5 Å². The van der Waals surface area contributed by atoms with Crippen LogP contribution in [0.5, 0.6) is 5.75 Å². The molecule has 0 atom stereocenters. The molecule has 0 radical (unpaired) electrons. The Hall–Kier alpha value is -2.29. The molecule has 0 spiro atoms. The molecule has 0 aliphatic heterocycles. The Morgan fingerprint density at radius 2 is 2.15 bits per heavy atom. The Bertz CT molecular complexity index is 651. The molecule has 0 bridgehead atoms. The molecule has 0 saturated carbocycles. The Morgan fingerprint density at radius 1 is 1.40 bits per heavy atom. The van der Waals surface area contributed by atoms with Crippen molar-refractivity contribution in [1.82, 2.24) is 9.97 Å². The molecule has 2 aromatic rings. The highest BCUT2D eigenvalue weighted by Gasteiger charge is 2.20. The van der Waals surface area contributed by atoms with Crippen LogP contribution in [0.3, 0.4) is 0 Å². The lowest BCUT2D eigenvalue weighted by Gasteiger charge is -2.08. The van der Waals surface area contributed by atoms with Gasteiger partial charge in [-0.15, -0.1) is 0 Å². The van der Waals surface area contributed by atoms with E-state index >= 15 is 0 Å². The molecule has 0 unspecified atom stereocenters. The summed E-state index contributed by atoms with van der Waals surface area (Å²) in [6.45, 7) is -0.0572. The van der Waals surface area contributed by atoms with Crippen LogP contribution in [0.2, 0.25) is 0 Å². The molecule has 1 aromatic heterocycles. The summed E-state index contributed by atoms with van der Waals surface area (Å²) in [6.07, 6.45) is 2.73. The summed E-state index contributed by atoms with van der Waals surface area (Å²) in [4.78, 5) is 17.9. The fourth-order valence-corrected chi connectivity index (χ4v) is 1.95. The van der Waals surface area contributed by atoms with Crippen LogP contribution in [0.15, 0.2) is 29.0 Å². The maximum atomic E-state index is 13.1. The highest BCUT2D eigenvalue weighted by Crippen LogP contribution is 2.36. The zero-order valence-corrected chi connectivity index (χ0v) is 11.5. The first kappa shape index (κ1) is 14.1. The SMILES string of the molecule is Nc1cnc(COc2c(Br)cc(F)cc2[N+](=O)[O-])cn1. The van der Waals surface area contributed by atoms with Crippen molar-refractivity contribution in [2.24, 2.45) is 0 Å². The van der Waals surface area contributed by atoms with Crippen LogP contribution in [0.4, 0.5) is 15.9 Å². The predicted octanol–water partition coefficient (Wildman–Crippen LogP) is 2.45. The van der Waals surface area contributed by atoms with Crippen molar-refractivity contribution in [3.8, 4) is 5.75 Å². The lowest BCUT2D eigenvalue weighted by molar-refractivity contribution is -0.386. The number of rotatable bonds is 4. The van der Waals surface area contributed by atoms with E-state index in [1.807, 2.05) is 0 Å². The standard InChI is InChI=1S/C11H8BrFN4O3/c12-8-1-6(13)2-9(17(18)19)11(8)20-5-7-3-16-10(14)4-15-7/h1-4H,5H2,(H2,14,16). The third kappa shape index (κ3) is 3.18. The highest BCUT2D eigenvalue weighted by molar-refractivity contribution is 9.10. The zero-order chi connectivity index (χ0) is 14.7. The molecule has 1 heterocycles. The van der Waals surface area contributed by atoms with Gasteiger partial charge in [-0.1, -0.05) is 0 Å². The molecule has 9 heteroatoms. The molecule has 0 fully saturated rings. The van der Waals surface area contributed by atoms with Crippen molar-refractivity contribution >= 4 is 27.4 Å². The number of hydrogen-bond acceptors (Lipinski definition) is 6. The second kappa shape index (κ2) is 5.78. The summed E-state index contributed by atoms with van der Waals surface area (Å²) in [5.41, 5.74) is 5.35. The molecule has 1 aromatic carbocycles. The molecule has 2 rings (SSSR count). The van der Waals surface area contributed by atoms with E-state index in [0.717, 1.165) is 12.1 Å². The summed E-state index contributed by atoms with van der Waals surface area (Å²) in [7, 11) is 0. The van der Waals surface area contributed by atoms with Crippen LogP contribution in [-0.4, -0.2) is 14.9 Å². The van der Waals surface area contributed by atoms with Gasteiger partial charge in [-0.05, 0) is 22.0 Å². The minimum absolute atomic E-state index is 0.0572. The topological polar surface area (TPSA) is 104 Å². The average molecular weight is 343 g/mol. The molecule has 0 amide bonds. The van der Waals surface area contributed by atoms with Crippen LogP contribution in [0, 0.1) is 15.9 Å². The van der Waals surface area contributed by atoms with Gasteiger partial charge in [0, 0.05) is 0 Å². The largest absolute Gasteiger partial charge is 0.479 e. The number of aromatic nitrogens is 2. The summed E-state index contributed by atoms with van der Waals surface area (Å²) < 4.78 is 18.6. The molecule has 0 aliphatic carbocycles. The minimum Gasteiger partial charge on any atom is -0.479 e. The number of nitro groups is 1. The fraction of sp³-hybridized carbons (Fsp3) is 0.0909. The summed E-state index contributed by atoms with van der Waals surface area (Å²) >= 11 is 3.03. The van der Waals surface area contributed by atoms with Gasteiger partial charge in [-0.2, -0.15) is 0 Å². The Labute approximate surface area is 120 Å². The second-order valence-electron chi connectivity index (χ2n) is 3.71. The first-order valence-corrected chi connectivity index (χ1v) is 6.09. The van der Waals surface area contributed by atoms with Crippen molar-refractivity contribution in [2.45, 2.75) is 6.61 Å². The van der Waals surface area contributed by atoms with E-state index in [9.17, 15) is 14.5 Å². The van der Waals surface area contributed by atoms with Gasteiger partial charge in [0.25, 0.3) is 0 Å². The van der Waals surface area contributed by atoms with Crippen LogP contribution >= 0.6 is 15.9 Å². The lowest BCUT2D eigenvalue weighted by Crippen LogP contribution is -2.03. The quantitative estimate of drug-likeness (QED) is 0.675. The second-order valence-corrected chi connectivity index (χ2v) is 4.57. The number of nitro benzene ring substituents is 1. The third-order valence-corrected chi connectivity index (χ3v) is 2.86. The van der Waals surface area contributed by atoms with E-state index in [-0.39, 0.29) is 22.6 Å². The lowest BCUT2D eigenvalue weighted by atomic mass is 10.3. The van der Waals surface area contributed by atoms with Crippen LogP contribution in [0.1, 0.15) is 5.69 Å². The number of hydrogen-bond donors (Lipinski definition) is 1. The maximum absolute atomic E-state index is 13.1. The molecule has 2 N–H and O–H groups in total. The van der Waals surface area contributed by atoms with Crippen molar-refractivity contribution in [1.29, 1.82) is 0 Å². The van der Waals surface area contributed by atoms with Crippen molar-refractivity contribution in [3.05, 3.63) is 50.6 Å². The van der Waals surface area contributed by atoms with E-state index in [2.05, 4.69) is 25.9 Å². The third-order valence-electron chi connectivity index (χ3n) is 2.28. The average Bonchev–Trinajstić information content (AvgIpc) is 2.38. The van der Waals surface area contributed by atoms with Gasteiger partial charge in [0.15, 0.2) is 0 Å². The first-order chi connectivity index (χ1) is 9.47. The van der Waals surface area contributed by atoms with E-state index in [0.29, 0.717) is 5.69 Å². The smallest absolute Gasteiger partial charge is 0.315 e. The van der Waals surface area contributed by atoms with Gasteiger partial charge in [0.05, 0.1) is 33.6 Å². The highest BCUT2D eigenvalue weighted by atomic mass is 79.9. The molecule has 0 aliphatic rings. The van der Waals surface area contributed by atoms with E-state index in [1.165, 1.54) is 12.4 Å². The number of benzene rings is 1. The molecular formula is C11H8BrFN4O3. The van der Waals surface area contributed by atoms with Gasteiger partial charge in [0.1, 0.15) is 18.2 Å². The number of nitrogens with zero attached hydrogens (tertiary/aromatic N) is 3. The Kier molecular flexibility index (Phi) is 4.08. The molecular weight excluding hydrogens is 335 g/mol. The van der Waals surface area contributed by atoms with Crippen molar-refractivity contribution in [2.75, 3.05) is 5.73 Å². The number of anilines is 1. The van der Waals surface area contributed by atoms with E-state index in [1.54, 1.807) is 0 Å². The number of nitrogen functional groups attached to an aromatic ring is 1. The number of halogens is 2. The zero-order valence-electron chi connectivity index (χ0n) is 9.92. The van der Waals surface area contributed by atoms with Gasteiger partial charge < -0.3 is 10.5 Å². The molecule has 104 valence electrons. The van der Waals surface area contributed by atoms with Crippen LogP contribution in [-0.2, 0) is 6.61 Å². The summed E-state index contributed by atoms with van der Waals surface area (Å²) in [5, 5.41) is 10.9. The van der Waals surface area contributed by atoms with E-state index < -0.39 is 16.4 Å². The normalized spacial score (nSPS) is 10.3. The van der Waals surface area contributed by atoms with Gasteiger partial charge in [-0.25, -0.2) is 9.37 Å². The first-order valence-electron chi connectivity index (χ1n) is 5.30. The van der Waals surface area contributed by atoms with Crippen molar-refractivity contribution < 1.29 is 14.1 Å². The minimum atomic E-state index is -0.733. The number of ether oxygens (including phenoxy) is 1. The maximum Gasteiger partial charge on any atom is 0.315 e. The predicted molar refractivity (Wildman–Crippen MR) is 71.5 cm³/mol. The molecule has 0 saturated heterocycles. The van der Waals surface area contributed by atoms with Gasteiger partial charge in [-0.3, -0.25) is 15.1 Å². The fourth-order valence-electron chi connectivity index (χ4n) is 1.41. The Morgan fingerprint density at radius 3 is 2.75 bits per heavy atom. The van der Waals surface area contributed by atoms with Gasteiger partial charge in [0.2, 0.25) is 5.75 Å².